The molecule has 0 fully saturated rings. The molecule has 0 aromatic rings. The van der Waals surface area contributed by atoms with Crippen LogP contribution in [0.5, 0.6) is 0 Å². The fourth-order valence-corrected chi connectivity index (χ4v) is 0.728. The first-order chi connectivity index (χ1) is 5.54. The van der Waals surface area contributed by atoms with Crippen molar-refractivity contribution < 1.29 is 20.4 Å². The van der Waals surface area contributed by atoms with E-state index in [1.807, 2.05) is 0 Å². The summed E-state index contributed by atoms with van der Waals surface area (Å²) >= 11 is 0. The van der Waals surface area contributed by atoms with Crippen LogP contribution in [0.25, 0.3) is 0 Å². The van der Waals surface area contributed by atoms with E-state index in [0.717, 1.165) is 0 Å². The first-order valence-electron chi connectivity index (χ1n) is 3.65. The molecule has 6 nitrogen and oxygen atoms in total. The van der Waals surface area contributed by atoms with E-state index in [9.17, 15) is 0 Å². The Morgan fingerprint density at radius 1 is 1.08 bits per heavy atom. The van der Waals surface area contributed by atoms with Crippen molar-refractivity contribution in [3.05, 3.63) is 0 Å². The largest absolute Gasteiger partial charge is 0.394 e. The maximum atomic E-state index is 9.16. The number of nitrogens with two attached hydrogens (primary N) is 2. The number of halogens is 1. The van der Waals surface area contributed by atoms with Gasteiger partial charge in [0, 0.05) is 12.6 Å². The van der Waals surface area contributed by atoms with Crippen LogP contribution < -0.4 is 11.5 Å². The zero-order chi connectivity index (χ0) is 9.72. The van der Waals surface area contributed by atoms with Crippen LogP contribution in [0, 0.1) is 0 Å². The molecule has 0 spiro atoms. The summed E-state index contributed by atoms with van der Waals surface area (Å²) in [7, 11) is 0. The van der Waals surface area contributed by atoms with E-state index in [4.69, 9.17) is 31.9 Å². The van der Waals surface area contributed by atoms with Gasteiger partial charge in [0.2, 0.25) is 0 Å². The first-order valence-corrected chi connectivity index (χ1v) is 3.65. The third-order valence-electron chi connectivity index (χ3n) is 1.64. The Hall–Kier alpha value is 0.240. The molecule has 0 heterocycles. The Balaban J connectivity index is 0. The summed E-state index contributed by atoms with van der Waals surface area (Å²) < 4.78 is 0. The Labute approximate surface area is 86.9 Å². The average Bonchev–Trinajstić information content (AvgIpc) is 2.12. The highest BCUT2D eigenvalue weighted by Gasteiger charge is 2.27. The van der Waals surface area contributed by atoms with Crippen LogP contribution in [-0.2, 0) is 0 Å². The summed E-state index contributed by atoms with van der Waals surface area (Å²) in [5, 5.41) is 35.6. The molecule has 0 aliphatic heterocycles. The Bertz CT molecular complexity index is 115. The molecule has 0 aliphatic rings. The third kappa shape index (κ3) is 4.87. The van der Waals surface area contributed by atoms with Gasteiger partial charge in [-0.3, -0.25) is 0 Å². The van der Waals surface area contributed by atoms with Crippen molar-refractivity contribution in [1.82, 2.24) is 0 Å². The van der Waals surface area contributed by atoms with E-state index >= 15 is 0 Å². The SMILES string of the molecule is Br.NCC(N)C(O)C(O)C(O)CO. The highest BCUT2D eigenvalue weighted by atomic mass is 79.9. The van der Waals surface area contributed by atoms with E-state index < -0.39 is 31.0 Å². The van der Waals surface area contributed by atoms with Gasteiger partial charge in [-0.25, -0.2) is 0 Å². The zero-order valence-electron chi connectivity index (χ0n) is 7.08. The van der Waals surface area contributed by atoms with Crippen molar-refractivity contribution >= 4 is 17.0 Å². The van der Waals surface area contributed by atoms with E-state index in [-0.39, 0.29) is 23.5 Å². The molecular weight excluding hydrogens is 244 g/mol. The molecule has 0 saturated heterocycles. The standard InChI is InChI=1S/C6H16N2O4.BrH/c7-1-3(8)5(11)6(12)4(10)2-9;/h3-6,9-12H,1-2,7-8H2;1H. The minimum atomic E-state index is -1.46. The molecule has 0 amide bonds. The summed E-state index contributed by atoms with van der Waals surface area (Å²) in [6.45, 7) is -0.633. The lowest BCUT2D eigenvalue weighted by Gasteiger charge is -2.25. The van der Waals surface area contributed by atoms with Gasteiger partial charge in [0.15, 0.2) is 0 Å². The van der Waals surface area contributed by atoms with Crippen molar-refractivity contribution in [2.75, 3.05) is 13.2 Å². The van der Waals surface area contributed by atoms with Crippen molar-refractivity contribution in [2.24, 2.45) is 11.5 Å². The first kappa shape index (κ1) is 15.7. The highest BCUT2D eigenvalue weighted by molar-refractivity contribution is 8.93. The van der Waals surface area contributed by atoms with Crippen LogP contribution in [0.15, 0.2) is 0 Å². The molecule has 82 valence electrons. The second-order valence-corrected chi connectivity index (χ2v) is 2.63. The quantitative estimate of drug-likeness (QED) is 0.311. The highest BCUT2D eigenvalue weighted by Crippen LogP contribution is 2.02. The van der Waals surface area contributed by atoms with Gasteiger partial charge in [-0.15, -0.1) is 17.0 Å². The smallest absolute Gasteiger partial charge is 0.110 e. The molecule has 0 bridgehead atoms. The Kier molecular flexibility index (Phi) is 9.21. The van der Waals surface area contributed by atoms with E-state index in [1.165, 1.54) is 0 Å². The van der Waals surface area contributed by atoms with Gasteiger partial charge in [-0.2, -0.15) is 0 Å². The third-order valence-corrected chi connectivity index (χ3v) is 1.64. The molecule has 7 heteroatoms. The predicted molar refractivity (Wildman–Crippen MR) is 52.5 cm³/mol. The summed E-state index contributed by atoms with van der Waals surface area (Å²) in [4.78, 5) is 0. The lowest BCUT2D eigenvalue weighted by Crippen LogP contribution is -2.52. The Morgan fingerprint density at radius 2 is 1.54 bits per heavy atom. The van der Waals surface area contributed by atoms with Crippen LogP contribution in [0.4, 0.5) is 0 Å². The molecule has 0 aromatic carbocycles. The summed E-state index contributed by atoms with van der Waals surface area (Å²) in [6, 6.07) is -0.804. The van der Waals surface area contributed by atoms with E-state index in [2.05, 4.69) is 0 Å². The molecule has 13 heavy (non-hydrogen) atoms. The van der Waals surface area contributed by atoms with Crippen LogP contribution >= 0.6 is 17.0 Å². The minimum absolute atomic E-state index is 0. The normalized spacial score (nSPS) is 19.8. The van der Waals surface area contributed by atoms with Crippen LogP contribution in [0.2, 0.25) is 0 Å². The van der Waals surface area contributed by atoms with Gasteiger partial charge in [-0.1, -0.05) is 0 Å². The van der Waals surface area contributed by atoms with E-state index in [0.29, 0.717) is 0 Å². The van der Waals surface area contributed by atoms with Gasteiger partial charge < -0.3 is 31.9 Å². The second kappa shape index (κ2) is 7.63. The molecule has 0 saturated carbocycles. The molecule has 0 aromatic heterocycles. The minimum Gasteiger partial charge on any atom is -0.394 e. The lowest BCUT2D eigenvalue weighted by atomic mass is 10.0. The molecular formula is C6H17BrN2O4. The number of aliphatic hydroxyl groups excluding tert-OH is 4. The fourth-order valence-electron chi connectivity index (χ4n) is 0.728. The zero-order valence-corrected chi connectivity index (χ0v) is 8.79. The average molecular weight is 261 g/mol. The Morgan fingerprint density at radius 3 is 1.85 bits per heavy atom. The van der Waals surface area contributed by atoms with Gasteiger partial charge >= 0.3 is 0 Å². The number of rotatable bonds is 5. The fraction of sp³-hybridized carbons (Fsp3) is 1.00. The summed E-state index contributed by atoms with van der Waals surface area (Å²) in [6.07, 6.45) is -4.18. The van der Waals surface area contributed by atoms with Crippen molar-refractivity contribution in [3.8, 4) is 0 Å². The van der Waals surface area contributed by atoms with Gasteiger partial charge in [0.1, 0.15) is 12.2 Å². The number of hydrogen-bond acceptors (Lipinski definition) is 6. The van der Waals surface area contributed by atoms with E-state index in [1.54, 1.807) is 0 Å². The molecule has 4 unspecified atom stereocenters. The van der Waals surface area contributed by atoms with Gasteiger partial charge in [-0.05, 0) is 0 Å². The number of aliphatic hydroxyl groups is 4. The molecule has 0 radical (unpaired) electrons. The molecule has 4 atom stereocenters. The maximum Gasteiger partial charge on any atom is 0.110 e. The van der Waals surface area contributed by atoms with Crippen LogP contribution in [0.3, 0.4) is 0 Å². The van der Waals surface area contributed by atoms with Crippen LogP contribution in [0.1, 0.15) is 0 Å². The molecule has 0 rings (SSSR count). The van der Waals surface area contributed by atoms with Gasteiger partial charge in [0.25, 0.3) is 0 Å². The van der Waals surface area contributed by atoms with Gasteiger partial charge in [0.05, 0.1) is 12.7 Å². The predicted octanol–water partition coefficient (Wildman–Crippen LogP) is -3.07. The second-order valence-electron chi connectivity index (χ2n) is 2.63. The summed E-state index contributed by atoms with van der Waals surface area (Å²) in [5.74, 6) is 0. The number of hydrogen-bond donors (Lipinski definition) is 6. The van der Waals surface area contributed by atoms with Crippen LogP contribution in [-0.4, -0.2) is 57.9 Å². The summed E-state index contributed by atoms with van der Waals surface area (Å²) in [5.41, 5.74) is 10.4. The monoisotopic (exact) mass is 260 g/mol. The lowest BCUT2D eigenvalue weighted by molar-refractivity contribution is -0.0823. The topological polar surface area (TPSA) is 133 Å². The maximum absolute atomic E-state index is 9.16. The van der Waals surface area contributed by atoms with Crippen molar-refractivity contribution in [2.45, 2.75) is 24.4 Å². The van der Waals surface area contributed by atoms with Crippen molar-refractivity contribution in [3.63, 3.8) is 0 Å². The van der Waals surface area contributed by atoms with Crippen molar-refractivity contribution in [1.29, 1.82) is 0 Å². The molecule has 8 N–H and O–H groups in total. The molecule has 0 aliphatic carbocycles.